The van der Waals surface area contributed by atoms with Crippen molar-refractivity contribution in [2.75, 3.05) is 0 Å². The topological polar surface area (TPSA) is 86.6 Å². The number of aliphatic hydroxyl groups excluding tert-OH is 1. The SMILES string of the molecule is O=C(NC1(C(=O)O)CC(O)C1)c1cccc2ccccc12. The molecule has 2 aromatic carbocycles. The van der Waals surface area contributed by atoms with Gasteiger partial charge in [0.2, 0.25) is 0 Å². The van der Waals surface area contributed by atoms with Crippen molar-refractivity contribution in [1.82, 2.24) is 5.32 Å². The van der Waals surface area contributed by atoms with Crippen molar-refractivity contribution in [2.24, 2.45) is 0 Å². The van der Waals surface area contributed by atoms with Crippen molar-refractivity contribution in [3.63, 3.8) is 0 Å². The molecule has 0 unspecified atom stereocenters. The van der Waals surface area contributed by atoms with Crippen LogP contribution < -0.4 is 5.32 Å². The number of carboxylic acid groups (broad SMARTS) is 1. The lowest BCUT2D eigenvalue weighted by Gasteiger charge is -2.42. The summed E-state index contributed by atoms with van der Waals surface area (Å²) in [6, 6.07) is 12.8. The van der Waals surface area contributed by atoms with Gasteiger partial charge in [0.25, 0.3) is 5.91 Å². The summed E-state index contributed by atoms with van der Waals surface area (Å²) in [5.41, 5.74) is -0.914. The third-order valence-electron chi connectivity index (χ3n) is 3.96. The van der Waals surface area contributed by atoms with Gasteiger partial charge in [-0.05, 0) is 16.8 Å². The van der Waals surface area contributed by atoms with Crippen LogP contribution in [0.5, 0.6) is 0 Å². The second-order valence-electron chi connectivity index (χ2n) is 5.43. The fraction of sp³-hybridized carbons (Fsp3) is 0.250. The van der Waals surface area contributed by atoms with Gasteiger partial charge in [-0.25, -0.2) is 4.79 Å². The van der Waals surface area contributed by atoms with Crippen LogP contribution in [0.3, 0.4) is 0 Å². The number of aliphatic carboxylic acids is 1. The molecule has 0 atom stereocenters. The predicted molar refractivity (Wildman–Crippen MR) is 77.0 cm³/mol. The minimum absolute atomic E-state index is 0.0405. The highest BCUT2D eigenvalue weighted by Gasteiger charge is 2.51. The van der Waals surface area contributed by atoms with Crippen LogP contribution in [0.25, 0.3) is 10.8 Å². The van der Waals surface area contributed by atoms with Gasteiger partial charge < -0.3 is 15.5 Å². The van der Waals surface area contributed by atoms with E-state index in [9.17, 15) is 19.8 Å². The van der Waals surface area contributed by atoms with E-state index in [1.807, 2.05) is 30.3 Å². The number of carbonyl (C=O) groups excluding carboxylic acids is 1. The normalized spacial score (nSPS) is 24.3. The van der Waals surface area contributed by atoms with Crippen molar-refractivity contribution in [1.29, 1.82) is 0 Å². The van der Waals surface area contributed by atoms with E-state index in [0.29, 0.717) is 5.56 Å². The number of aliphatic hydroxyl groups is 1. The molecule has 1 saturated carbocycles. The minimum Gasteiger partial charge on any atom is -0.480 e. The first-order valence-corrected chi connectivity index (χ1v) is 6.74. The summed E-state index contributed by atoms with van der Waals surface area (Å²) in [7, 11) is 0. The molecule has 21 heavy (non-hydrogen) atoms. The molecule has 0 aliphatic heterocycles. The molecule has 0 saturated heterocycles. The second-order valence-corrected chi connectivity index (χ2v) is 5.43. The van der Waals surface area contributed by atoms with E-state index < -0.39 is 23.5 Å². The Bertz CT molecular complexity index is 714. The van der Waals surface area contributed by atoms with E-state index in [1.54, 1.807) is 12.1 Å². The summed E-state index contributed by atoms with van der Waals surface area (Å²) in [6.07, 6.45) is -0.591. The highest BCUT2D eigenvalue weighted by Crippen LogP contribution is 2.33. The Balaban J connectivity index is 1.93. The monoisotopic (exact) mass is 285 g/mol. The summed E-state index contributed by atoms with van der Waals surface area (Å²) in [5, 5.41) is 22.9. The van der Waals surface area contributed by atoms with E-state index >= 15 is 0 Å². The first-order chi connectivity index (χ1) is 10.0. The third-order valence-corrected chi connectivity index (χ3v) is 3.96. The average Bonchev–Trinajstić information content (AvgIpc) is 2.44. The Labute approximate surface area is 121 Å². The molecule has 0 radical (unpaired) electrons. The van der Waals surface area contributed by atoms with E-state index in [2.05, 4.69) is 5.32 Å². The number of carboxylic acids is 1. The number of nitrogens with one attached hydrogen (secondary N) is 1. The Morgan fingerprint density at radius 1 is 1.10 bits per heavy atom. The van der Waals surface area contributed by atoms with E-state index in [0.717, 1.165) is 10.8 Å². The lowest BCUT2D eigenvalue weighted by molar-refractivity contribution is -0.153. The first-order valence-electron chi connectivity index (χ1n) is 6.74. The summed E-state index contributed by atoms with van der Waals surface area (Å²) in [4.78, 5) is 23.8. The number of rotatable bonds is 3. The van der Waals surface area contributed by atoms with Crippen LogP contribution in [0, 0.1) is 0 Å². The number of fused-ring (bicyclic) bond motifs is 1. The van der Waals surface area contributed by atoms with Gasteiger partial charge >= 0.3 is 5.97 Å². The van der Waals surface area contributed by atoms with Crippen molar-refractivity contribution in [3.8, 4) is 0 Å². The molecule has 5 heteroatoms. The van der Waals surface area contributed by atoms with Crippen LogP contribution in [0.2, 0.25) is 0 Å². The maximum absolute atomic E-state index is 12.4. The molecule has 3 rings (SSSR count). The Hall–Kier alpha value is -2.40. The van der Waals surface area contributed by atoms with E-state index in [1.165, 1.54) is 0 Å². The van der Waals surface area contributed by atoms with Crippen molar-refractivity contribution >= 4 is 22.6 Å². The average molecular weight is 285 g/mol. The quantitative estimate of drug-likeness (QED) is 0.798. The summed E-state index contributed by atoms with van der Waals surface area (Å²) in [6.45, 7) is 0. The summed E-state index contributed by atoms with van der Waals surface area (Å²) >= 11 is 0. The summed E-state index contributed by atoms with van der Waals surface area (Å²) < 4.78 is 0. The van der Waals surface area contributed by atoms with Gasteiger partial charge in [0, 0.05) is 18.4 Å². The molecule has 108 valence electrons. The van der Waals surface area contributed by atoms with Crippen LogP contribution in [0.1, 0.15) is 23.2 Å². The van der Waals surface area contributed by atoms with Gasteiger partial charge in [-0.1, -0.05) is 36.4 Å². The lowest BCUT2D eigenvalue weighted by atomic mass is 9.74. The second kappa shape index (κ2) is 4.86. The maximum atomic E-state index is 12.4. The van der Waals surface area contributed by atoms with E-state index in [4.69, 9.17) is 0 Å². The molecule has 0 heterocycles. The third kappa shape index (κ3) is 2.25. The van der Waals surface area contributed by atoms with Gasteiger partial charge in [0.05, 0.1) is 6.10 Å². The largest absolute Gasteiger partial charge is 0.480 e. The molecule has 1 aliphatic carbocycles. The zero-order chi connectivity index (χ0) is 15.0. The van der Waals surface area contributed by atoms with Gasteiger partial charge in [0.1, 0.15) is 5.54 Å². The van der Waals surface area contributed by atoms with Gasteiger partial charge in [0.15, 0.2) is 0 Å². The molecular weight excluding hydrogens is 270 g/mol. The molecule has 1 amide bonds. The smallest absolute Gasteiger partial charge is 0.329 e. The number of amides is 1. The van der Waals surface area contributed by atoms with Crippen LogP contribution >= 0.6 is 0 Å². The molecule has 1 fully saturated rings. The minimum atomic E-state index is -1.35. The number of hydrogen-bond donors (Lipinski definition) is 3. The number of benzene rings is 2. The summed E-state index contributed by atoms with van der Waals surface area (Å²) in [5.74, 6) is -1.54. The zero-order valence-electron chi connectivity index (χ0n) is 11.2. The van der Waals surface area contributed by atoms with Crippen LogP contribution in [-0.2, 0) is 4.79 Å². The molecule has 0 aromatic heterocycles. The Kier molecular flexibility index (Phi) is 3.14. The molecule has 3 N–H and O–H groups in total. The lowest BCUT2D eigenvalue weighted by Crippen LogP contribution is -2.64. The zero-order valence-corrected chi connectivity index (χ0v) is 11.2. The van der Waals surface area contributed by atoms with Gasteiger partial charge in [-0.2, -0.15) is 0 Å². The van der Waals surface area contributed by atoms with Gasteiger partial charge in [-0.15, -0.1) is 0 Å². The standard InChI is InChI=1S/C16H15NO4/c18-11-8-16(9-11,15(20)21)17-14(19)13-7-3-5-10-4-1-2-6-12(10)13/h1-7,11,18H,8-9H2,(H,17,19)(H,20,21). The molecule has 2 aromatic rings. The van der Waals surface area contributed by atoms with Crippen LogP contribution in [-0.4, -0.2) is 33.7 Å². The van der Waals surface area contributed by atoms with Crippen LogP contribution in [0.4, 0.5) is 0 Å². The molecule has 5 nitrogen and oxygen atoms in total. The first kappa shape index (κ1) is 13.6. The molecule has 0 bridgehead atoms. The maximum Gasteiger partial charge on any atom is 0.329 e. The predicted octanol–water partition coefficient (Wildman–Crippen LogP) is 1.55. The number of hydrogen-bond acceptors (Lipinski definition) is 3. The number of carbonyl (C=O) groups is 2. The molecule has 0 spiro atoms. The van der Waals surface area contributed by atoms with Crippen molar-refractivity contribution in [2.45, 2.75) is 24.5 Å². The highest BCUT2D eigenvalue weighted by atomic mass is 16.4. The van der Waals surface area contributed by atoms with Crippen molar-refractivity contribution in [3.05, 3.63) is 48.0 Å². The Morgan fingerprint density at radius 2 is 1.76 bits per heavy atom. The Morgan fingerprint density at radius 3 is 2.43 bits per heavy atom. The highest BCUT2D eigenvalue weighted by molar-refractivity contribution is 6.08. The molecule has 1 aliphatic rings. The van der Waals surface area contributed by atoms with E-state index in [-0.39, 0.29) is 12.8 Å². The van der Waals surface area contributed by atoms with Gasteiger partial charge in [-0.3, -0.25) is 4.79 Å². The fourth-order valence-electron chi connectivity index (χ4n) is 2.78. The van der Waals surface area contributed by atoms with Crippen molar-refractivity contribution < 1.29 is 19.8 Å². The fourth-order valence-corrected chi connectivity index (χ4v) is 2.78. The molecular formula is C16H15NO4. The van der Waals surface area contributed by atoms with Crippen LogP contribution in [0.15, 0.2) is 42.5 Å².